The molecule has 1 aromatic heterocycles. The van der Waals surface area contributed by atoms with Gasteiger partial charge in [-0.3, -0.25) is 14.6 Å². The summed E-state index contributed by atoms with van der Waals surface area (Å²) in [5, 5.41) is 0. The van der Waals surface area contributed by atoms with E-state index in [1.807, 2.05) is 6.07 Å². The summed E-state index contributed by atoms with van der Waals surface area (Å²) in [5.41, 5.74) is 2.08. The second-order valence-electron chi connectivity index (χ2n) is 8.07. The molecule has 1 unspecified atom stereocenters. The number of amides is 1. The Morgan fingerprint density at radius 1 is 1.14 bits per heavy atom. The van der Waals surface area contributed by atoms with E-state index in [-0.39, 0.29) is 30.2 Å². The molecule has 0 saturated carbocycles. The van der Waals surface area contributed by atoms with Gasteiger partial charge < -0.3 is 14.4 Å². The Morgan fingerprint density at radius 2 is 1.80 bits per heavy atom. The maximum absolute atomic E-state index is 15.3. The predicted octanol–water partition coefficient (Wildman–Crippen LogP) is 4.74. The quantitative estimate of drug-likeness (QED) is 0.438. The van der Waals surface area contributed by atoms with Crippen molar-refractivity contribution in [3.05, 3.63) is 95.3 Å². The topological polar surface area (TPSA) is 68.7 Å². The van der Waals surface area contributed by atoms with Gasteiger partial charge in [0, 0.05) is 24.4 Å². The molecule has 1 aliphatic heterocycles. The minimum atomic E-state index is -0.998. The van der Waals surface area contributed by atoms with E-state index in [2.05, 4.69) is 11.6 Å². The lowest BCUT2D eigenvalue weighted by Crippen LogP contribution is -2.41. The molecule has 0 radical (unpaired) electrons. The van der Waals surface area contributed by atoms with Crippen LogP contribution < -0.4 is 14.4 Å². The molecule has 0 spiro atoms. The number of ketones is 1. The zero-order valence-electron chi connectivity index (χ0n) is 19.4. The zero-order valence-corrected chi connectivity index (χ0v) is 19.4. The lowest BCUT2D eigenvalue weighted by molar-refractivity contribution is -0.120. The number of ether oxygens (including phenoxy) is 2. The summed E-state index contributed by atoms with van der Waals surface area (Å²) < 4.78 is 40.7. The number of benzene rings is 2. The van der Waals surface area contributed by atoms with Crippen molar-refractivity contribution in [3.8, 4) is 11.5 Å². The van der Waals surface area contributed by atoms with Crippen molar-refractivity contribution in [1.82, 2.24) is 4.98 Å². The third-order valence-electron chi connectivity index (χ3n) is 6.04. The number of aryl methyl sites for hydroxylation is 1. The fraction of sp³-hybridized carbons (Fsp3) is 0.222. The Kier molecular flexibility index (Phi) is 6.91. The lowest BCUT2D eigenvalue weighted by Gasteiger charge is -2.35. The van der Waals surface area contributed by atoms with E-state index in [0.717, 1.165) is 11.0 Å². The molecule has 0 N–H and O–H groups in total. The van der Waals surface area contributed by atoms with Crippen LogP contribution in [0.5, 0.6) is 11.5 Å². The van der Waals surface area contributed by atoms with Crippen LogP contribution in [-0.2, 0) is 22.6 Å². The van der Waals surface area contributed by atoms with Gasteiger partial charge in [-0.1, -0.05) is 36.9 Å². The van der Waals surface area contributed by atoms with E-state index in [0.29, 0.717) is 28.8 Å². The van der Waals surface area contributed by atoms with E-state index >= 15 is 8.78 Å². The molecular formula is C27H24F2N2O4. The van der Waals surface area contributed by atoms with Crippen LogP contribution in [0, 0.1) is 11.6 Å². The molecule has 35 heavy (non-hydrogen) atoms. The van der Waals surface area contributed by atoms with Crippen LogP contribution in [0.25, 0.3) is 0 Å². The molecule has 0 aliphatic carbocycles. The van der Waals surface area contributed by atoms with Crippen LogP contribution in [0.15, 0.2) is 61.3 Å². The largest absolute Gasteiger partial charge is 0.493 e. The third-order valence-corrected chi connectivity index (χ3v) is 6.04. The first-order valence-corrected chi connectivity index (χ1v) is 11.0. The van der Waals surface area contributed by atoms with Crippen LogP contribution >= 0.6 is 0 Å². The maximum atomic E-state index is 15.3. The van der Waals surface area contributed by atoms with Gasteiger partial charge in [0.2, 0.25) is 5.91 Å². The van der Waals surface area contributed by atoms with E-state index in [9.17, 15) is 9.59 Å². The average Bonchev–Trinajstić information content (AvgIpc) is 2.88. The highest BCUT2D eigenvalue weighted by Crippen LogP contribution is 2.42. The summed E-state index contributed by atoms with van der Waals surface area (Å²) in [6.07, 6.45) is 3.48. The molecule has 8 heteroatoms. The van der Waals surface area contributed by atoms with Gasteiger partial charge in [-0.05, 0) is 35.3 Å². The van der Waals surface area contributed by atoms with Crippen molar-refractivity contribution in [1.29, 1.82) is 0 Å². The zero-order chi connectivity index (χ0) is 25.1. The van der Waals surface area contributed by atoms with Gasteiger partial charge in [-0.2, -0.15) is 0 Å². The number of methoxy groups -OCH3 is 2. The standard InChI is InChI=1S/C27H24F2N2O4/c1-4-19(32)11-10-18-12-20-17(14-30-18)15-31(27(33)23(20)16-8-6-5-7-9-16)26-24(28)21(34-2)13-22(35-3)25(26)29/h4-9,12-14,23H,1,10-11,15H2,2-3H3. The normalized spacial score (nSPS) is 14.9. The summed E-state index contributed by atoms with van der Waals surface area (Å²) >= 11 is 0. The van der Waals surface area contributed by atoms with Crippen molar-refractivity contribution in [2.75, 3.05) is 19.1 Å². The molecule has 2 heterocycles. The van der Waals surface area contributed by atoms with E-state index in [4.69, 9.17) is 9.47 Å². The molecule has 6 nitrogen and oxygen atoms in total. The van der Waals surface area contributed by atoms with Gasteiger partial charge in [0.05, 0.1) is 26.7 Å². The number of carbonyl (C=O) groups excluding carboxylic acids is 2. The Labute approximate surface area is 201 Å². The first kappa shape index (κ1) is 24.1. The summed E-state index contributed by atoms with van der Waals surface area (Å²) in [6.45, 7) is 3.38. The fourth-order valence-electron chi connectivity index (χ4n) is 4.24. The first-order valence-electron chi connectivity index (χ1n) is 11.0. The highest BCUT2D eigenvalue weighted by atomic mass is 19.1. The van der Waals surface area contributed by atoms with E-state index in [1.54, 1.807) is 36.5 Å². The Bertz CT molecular complexity index is 1270. The van der Waals surface area contributed by atoms with E-state index in [1.165, 1.54) is 20.3 Å². The maximum Gasteiger partial charge on any atom is 0.239 e. The number of carbonyl (C=O) groups is 2. The molecular weight excluding hydrogens is 454 g/mol. The van der Waals surface area contributed by atoms with Crippen LogP contribution in [-0.4, -0.2) is 30.9 Å². The number of pyridine rings is 1. The Morgan fingerprint density at radius 3 is 2.40 bits per heavy atom. The number of fused-ring (bicyclic) bond motifs is 1. The number of rotatable bonds is 8. The number of anilines is 1. The van der Waals surface area contributed by atoms with Gasteiger partial charge in [-0.15, -0.1) is 0 Å². The third kappa shape index (κ3) is 4.51. The molecule has 1 aliphatic rings. The number of halogens is 2. The van der Waals surface area contributed by atoms with Crippen molar-refractivity contribution >= 4 is 17.4 Å². The monoisotopic (exact) mass is 478 g/mol. The minimum absolute atomic E-state index is 0.0967. The molecule has 1 atom stereocenters. The smallest absolute Gasteiger partial charge is 0.239 e. The number of nitrogens with zero attached hydrogens (tertiary/aromatic N) is 2. The number of hydrogen-bond acceptors (Lipinski definition) is 5. The SMILES string of the molecule is C=CC(=O)CCc1cc2c(cn1)CN(c1c(F)c(OC)cc(OC)c1F)C(=O)C2c1ccccc1. The second-order valence-corrected chi connectivity index (χ2v) is 8.07. The van der Waals surface area contributed by atoms with Gasteiger partial charge in [0.1, 0.15) is 5.69 Å². The molecule has 0 saturated heterocycles. The van der Waals surface area contributed by atoms with Crippen molar-refractivity contribution in [2.45, 2.75) is 25.3 Å². The van der Waals surface area contributed by atoms with Gasteiger partial charge >= 0.3 is 0 Å². The van der Waals surface area contributed by atoms with Gasteiger partial charge in [0.15, 0.2) is 28.9 Å². The van der Waals surface area contributed by atoms with Crippen molar-refractivity contribution in [3.63, 3.8) is 0 Å². The highest BCUT2D eigenvalue weighted by molar-refractivity contribution is 6.02. The number of allylic oxidation sites excluding steroid dienone is 1. The van der Waals surface area contributed by atoms with Crippen LogP contribution in [0.2, 0.25) is 0 Å². The van der Waals surface area contributed by atoms with Crippen LogP contribution in [0.4, 0.5) is 14.5 Å². The lowest BCUT2D eigenvalue weighted by atomic mass is 9.83. The predicted molar refractivity (Wildman–Crippen MR) is 127 cm³/mol. The number of aromatic nitrogens is 1. The van der Waals surface area contributed by atoms with E-state index < -0.39 is 29.1 Å². The Balaban J connectivity index is 1.85. The molecule has 0 bridgehead atoms. The molecule has 4 rings (SSSR count). The van der Waals surface area contributed by atoms with Crippen LogP contribution in [0.3, 0.4) is 0 Å². The fourth-order valence-corrected chi connectivity index (χ4v) is 4.24. The summed E-state index contributed by atoms with van der Waals surface area (Å²) in [7, 11) is 2.50. The summed E-state index contributed by atoms with van der Waals surface area (Å²) in [6, 6.07) is 11.9. The first-order chi connectivity index (χ1) is 16.9. The molecule has 0 fully saturated rings. The van der Waals surface area contributed by atoms with Crippen LogP contribution in [0.1, 0.15) is 34.7 Å². The minimum Gasteiger partial charge on any atom is -0.493 e. The summed E-state index contributed by atoms with van der Waals surface area (Å²) in [4.78, 5) is 31.0. The highest BCUT2D eigenvalue weighted by Gasteiger charge is 2.39. The van der Waals surface area contributed by atoms with Gasteiger partial charge in [-0.25, -0.2) is 8.78 Å². The van der Waals surface area contributed by atoms with Crippen molar-refractivity contribution in [2.24, 2.45) is 0 Å². The number of hydrogen-bond donors (Lipinski definition) is 0. The average molecular weight is 478 g/mol. The molecule has 2 aromatic carbocycles. The molecule has 180 valence electrons. The molecule has 3 aromatic rings. The molecule has 1 amide bonds. The summed E-state index contributed by atoms with van der Waals surface area (Å²) in [5.74, 6) is -3.92. The van der Waals surface area contributed by atoms with Crippen molar-refractivity contribution < 1.29 is 27.8 Å². The Hall–Kier alpha value is -4.07. The second kappa shape index (κ2) is 10.0. The van der Waals surface area contributed by atoms with Gasteiger partial charge in [0.25, 0.3) is 0 Å².